The van der Waals surface area contributed by atoms with E-state index in [-0.39, 0.29) is 54.1 Å². The highest BCUT2D eigenvalue weighted by molar-refractivity contribution is 6.35. The molecule has 6 N–H and O–H groups in total. The number of fused-ring (bicyclic) bond motifs is 2. The number of imide groups is 2. The largest absolute Gasteiger partial charge is 0.383 e. The number of H-pyrrole nitrogens is 1. The molecule has 4 aliphatic rings. The van der Waals surface area contributed by atoms with Crippen LogP contribution in [-0.2, 0) is 28.8 Å². The zero-order chi connectivity index (χ0) is 43.9. The number of aromatic amines is 1. The number of aromatic nitrogens is 1. The number of carbonyl (C=O) groups is 8. The van der Waals surface area contributed by atoms with Crippen molar-refractivity contribution in [1.29, 1.82) is 0 Å². The molecule has 1 aromatic heterocycles. The summed E-state index contributed by atoms with van der Waals surface area (Å²) in [5, 5.41) is 13.8. The maximum Gasteiger partial charge on any atom is 0.264 e. The molecule has 3 aromatic rings. The van der Waals surface area contributed by atoms with Crippen molar-refractivity contribution in [2.24, 2.45) is 0 Å². The van der Waals surface area contributed by atoms with E-state index < -0.39 is 35.5 Å². The summed E-state index contributed by atoms with van der Waals surface area (Å²) in [5.41, 5.74) is 4.06. The van der Waals surface area contributed by atoms with Gasteiger partial charge in [0.15, 0.2) is 0 Å². The third kappa shape index (κ3) is 9.91. The Morgan fingerprint density at radius 3 is 2.37 bits per heavy atom. The molecule has 1 atom stereocenters. The van der Waals surface area contributed by atoms with Gasteiger partial charge in [0.1, 0.15) is 11.9 Å². The maximum atomic E-state index is 13.9. The molecule has 0 radical (unpaired) electrons. The summed E-state index contributed by atoms with van der Waals surface area (Å²) >= 11 is 0. The number of piperidine rings is 1. The number of amides is 8. The van der Waals surface area contributed by atoms with E-state index in [4.69, 9.17) is 0 Å². The van der Waals surface area contributed by atoms with Crippen molar-refractivity contribution in [2.75, 3.05) is 61.8 Å². The lowest BCUT2D eigenvalue weighted by Crippen LogP contribution is -2.54. The van der Waals surface area contributed by atoms with Gasteiger partial charge in [-0.2, -0.15) is 0 Å². The van der Waals surface area contributed by atoms with E-state index in [0.29, 0.717) is 92.4 Å². The third-order valence-corrected chi connectivity index (χ3v) is 11.6. The van der Waals surface area contributed by atoms with Crippen LogP contribution in [0, 0.1) is 12.7 Å². The number of piperazine rings is 1. The van der Waals surface area contributed by atoms with Crippen molar-refractivity contribution >= 4 is 76.0 Å². The van der Waals surface area contributed by atoms with E-state index in [1.165, 1.54) is 24.3 Å². The Labute approximate surface area is 357 Å². The summed E-state index contributed by atoms with van der Waals surface area (Å²) in [4.78, 5) is 109. The first-order valence-electron chi connectivity index (χ1n) is 21.0. The summed E-state index contributed by atoms with van der Waals surface area (Å²) in [5.74, 6) is -3.27. The SMILES string of the molecule is Cc1c(NC(=O)CN2CCN(C(=O)CCCCCCCC(=O)NCCNc3cccc4c3C(=O)N(C3CCC(=O)NC3=O)C4=O)CC2)c[nH]c1/C=C1\C(=O)Nc2ccc(F)cc21. The molecule has 1 unspecified atom stereocenters. The summed E-state index contributed by atoms with van der Waals surface area (Å²) < 4.78 is 13.9. The van der Waals surface area contributed by atoms with E-state index in [9.17, 15) is 42.7 Å². The Kier molecular flexibility index (Phi) is 13.5. The number of nitrogens with one attached hydrogen (secondary N) is 6. The van der Waals surface area contributed by atoms with Crippen molar-refractivity contribution < 1.29 is 42.7 Å². The molecular formula is C44H50FN9O8. The van der Waals surface area contributed by atoms with Gasteiger partial charge in [-0.1, -0.05) is 25.3 Å². The van der Waals surface area contributed by atoms with Gasteiger partial charge in [0, 0.05) is 87.4 Å². The van der Waals surface area contributed by atoms with Gasteiger partial charge in [-0.3, -0.25) is 53.5 Å². The van der Waals surface area contributed by atoms with Crippen LogP contribution in [0.4, 0.5) is 21.5 Å². The third-order valence-electron chi connectivity index (χ3n) is 11.6. The Morgan fingerprint density at radius 2 is 1.60 bits per heavy atom. The molecular weight excluding hydrogens is 802 g/mol. The quantitative estimate of drug-likeness (QED) is 0.0660. The Bertz CT molecular complexity index is 2330. The average Bonchev–Trinajstić information content (AvgIpc) is 3.84. The van der Waals surface area contributed by atoms with Gasteiger partial charge in [0.05, 0.1) is 28.9 Å². The number of rotatable bonds is 17. The number of benzene rings is 2. The van der Waals surface area contributed by atoms with Crippen molar-refractivity contribution in [3.05, 3.63) is 76.4 Å². The lowest BCUT2D eigenvalue weighted by molar-refractivity contribution is -0.136. The first-order valence-corrected chi connectivity index (χ1v) is 21.0. The fourth-order valence-electron chi connectivity index (χ4n) is 8.19. The van der Waals surface area contributed by atoms with E-state index in [1.807, 2.05) is 16.7 Å². The van der Waals surface area contributed by atoms with Gasteiger partial charge in [-0.25, -0.2) is 4.39 Å². The first kappa shape index (κ1) is 43.4. The minimum atomic E-state index is -1.05. The second kappa shape index (κ2) is 19.4. The molecule has 0 saturated carbocycles. The molecule has 2 aromatic carbocycles. The molecule has 4 aliphatic heterocycles. The number of carbonyl (C=O) groups excluding carboxylic acids is 8. The second-order valence-corrected chi connectivity index (χ2v) is 15.9. The van der Waals surface area contributed by atoms with E-state index in [0.717, 1.165) is 36.1 Å². The summed E-state index contributed by atoms with van der Waals surface area (Å²) in [6.07, 6.45) is 8.31. The van der Waals surface area contributed by atoms with E-state index >= 15 is 0 Å². The number of hydrogen-bond donors (Lipinski definition) is 6. The van der Waals surface area contributed by atoms with Gasteiger partial charge in [0.2, 0.25) is 29.5 Å². The lowest BCUT2D eigenvalue weighted by atomic mass is 10.0. The summed E-state index contributed by atoms with van der Waals surface area (Å²) in [6.45, 7) is 4.82. The summed E-state index contributed by atoms with van der Waals surface area (Å²) in [6, 6.07) is 7.90. The van der Waals surface area contributed by atoms with Crippen molar-refractivity contribution in [3.63, 3.8) is 0 Å². The fourth-order valence-corrected chi connectivity index (χ4v) is 8.19. The van der Waals surface area contributed by atoms with Crippen molar-refractivity contribution in [1.82, 2.24) is 30.3 Å². The highest BCUT2D eigenvalue weighted by Gasteiger charge is 2.45. The Morgan fingerprint density at radius 1 is 0.839 bits per heavy atom. The average molecular weight is 852 g/mol. The number of unbranched alkanes of at least 4 members (excludes halogenated alkanes) is 4. The van der Waals surface area contributed by atoms with Gasteiger partial charge in [0.25, 0.3) is 17.7 Å². The number of halogens is 1. The molecule has 5 heterocycles. The lowest BCUT2D eigenvalue weighted by Gasteiger charge is -2.34. The number of hydrogen-bond acceptors (Lipinski definition) is 10. The van der Waals surface area contributed by atoms with Crippen LogP contribution in [-0.4, -0.2) is 119 Å². The van der Waals surface area contributed by atoms with Crippen LogP contribution >= 0.6 is 0 Å². The molecule has 18 heteroatoms. The van der Waals surface area contributed by atoms with Crippen molar-refractivity contribution in [3.8, 4) is 0 Å². The molecule has 62 heavy (non-hydrogen) atoms. The second-order valence-electron chi connectivity index (χ2n) is 15.9. The highest BCUT2D eigenvalue weighted by Crippen LogP contribution is 2.35. The van der Waals surface area contributed by atoms with Crippen LogP contribution in [0.1, 0.15) is 95.3 Å². The standard InChI is InChI=1S/C44H50FN9O8/c1-26-33(23-30-29-22-27(45)12-13-31(29)50-41(30)59)48-24-34(26)49-38(57)25-52-18-20-53(21-19-52)39(58)11-6-4-2-3-5-10-36(55)47-17-16-46-32-9-7-8-28-40(32)44(62)54(43(28)61)35-14-15-37(56)51-42(35)60/h7-9,12-13,22-24,35,46,48H,2-6,10-11,14-21,25H2,1H3,(H,47,55)(H,49,57)(H,50,59)(H,51,56,60)/b30-23-. The minimum Gasteiger partial charge on any atom is -0.383 e. The molecule has 326 valence electrons. The van der Waals surface area contributed by atoms with E-state index in [1.54, 1.807) is 24.4 Å². The fraction of sp³-hybridized carbons (Fsp3) is 0.409. The molecule has 0 bridgehead atoms. The van der Waals surface area contributed by atoms with Crippen LogP contribution in [0.25, 0.3) is 11.6 Å². The predicted octanol–water partition coefficient (Wildman–Crippen LogP) is 3.40. The minimum absolute atomic E-state index is 0.0379. The van der Waals surface area contributed by atoms with Crippen LogP contribution in [0.5, 0.6) is 0 Å². The molecule has 0 spiro atoms. The summed E-state index contributed by atoms with van der Waals surface area (Å²) in [7, 11) is 0. The normalized spacial score (nSPS) is 18.1. The Balaban J connectivity index is 0.729. The van der Waals surface area contributed by atoms with Gasteiger partial charge in [-0.05, 0) is 68.2 Å². The maximum absolute atomic E-state index is 13.9. The monoisotopic (exact) mass is 851 g/mol. The molecule has 8 amide bonds. The zero-order valence-electron chi connectivity index (χ0n) is 34.5. The van der Waals surface area contributed by atoms with Gasteiger partial charge < -0.3 is 31.2 Å². The predicted molar refractivity (Wildman–Crippen MR) is 227 cm³/mol. The van der Waals surface area contributed by atoms with Crippen molar-refractivity contribution in [2.45, 2.75) is 70.8 Å². The van der Waals surface area contributed by atoms with Crippen LogP contribution in [0.3, 0.4) is 0 Å². The van der Waals surface area contributed by atoms with Crippen LogP contribution in [0.2, 0.25) is 0 Å². The van der Waals surface area contributed by atoms with E-state index in [2.05, 4.69) is 31.6 Å². The molecule has 2 fully saturated rings. The Hall–Kier alpha value is -6.69. The zero-order valence-corrected chi connectivity index (χ0v) is 34.5. The number of anilines is 3. The van der Waals surface area contributed by atoms with Gasteiger partial charge in [-0.15, -0.1) is 0 Å². The smallest absolute Gasteiger partial charge is 0.264 e. The molecule has 2 saturated heterocycles. The van der Waals surface area contributed by atoms with Gasteiger partial charge >= 0.3 is 0 Å². The topological polar surface area (TPSA) is 222 Å². The molecule has 7 rings (SSSR count). The first-order chi connectivity index (χ1) is 29.9. The highest BCUT2D eigenvalue weighted by atomic mass is 19.1. The number of nitrogens with zero attached hydrogens (tertiary/aromatic N) is 3. The van der Waals surface area contributed by atoms with Crippen LogP contribution in [0.15, 0.2) is 42.6 Å². The molecule has 0 aliphatic carbocycles. The molecule has 17 nitrogen and oxygen atoms in total. The van der Waals surface area contributed by atoms with Crippen LogP contribution < -0.4 is 26.6 Å².